The maximum atomic E-state index is 12.5. The number of benzene rings is 2. The molecule has 2 rings (SSSR count). The molecule has 0 saturated heterocycles. The molecule has 0 atom stereocenters. The highest BCUT2D eigenvalue weighted by atomic mass is 32.2. The number of ether oxygens (including phenoxy) is 2. The van der Waals surface area contributed by atoms with E-state index in [2.05, 4.69) is 9.46 Å². The zero-order valence-corrected chi connectivity index (χ0v) is 15.9. The van der Waals surface area contributed by atoms with Gasteiger partial charge in [-0.05, 0) is 17.2 Å². The van der Waals surface area contributed by atoms with Gasteiger partial charge in [-0.25, -0.2) is 13.1 Å². The fourth-order valence-corrected chi connectivity index (χ4v) is 3.45. The van der Waals surface area contributed by atoms with Gasteiger partial charge in [-0.15, -0.1) is 0 Å². The minimum Gasteiger partial charge on any atom is -0.495 e. The maximum absolute atomic E-state index is 12.5. The Morgan fingerprint density at radius 3 is 2.28 bits per heavy atom. The Hall–Kier alpha value is -2.70. The van der Waals surface area contributed by atoms with Crippen LogP contribution in [-0.2, 0) is 27.9 Å². The van der Waals surface area contributed by atoms with Crippen LogP contribution in [0.4, 0.5) is 18.9 Å². The van der Waals surface area contributed by atoms with Crippen LogP contribution in [0, 0.1) is 10.1 Å². The highest BCUT2D eigenvalue weighted by molar-refractivity contribution is 7.89. The van der Waals surface area contributed by atoms with E-state index in [1.807, 2.05) is 0 Å². The molecular weight excluding hydrogens is 417 g/mol. The van der Waals surface area contributed by atoms with Crippen molar-refractivity contribution in [3.05, 3.63) is 63.7 Å². The number of sulfonamides is 1. The molecule has 0 aromatic heterocycles. The Morgan fingerprint density at radius 1 is 1.10 bits per heavy atom. The number of nitro groups is 1. The van der Waals surface area contributed by atoms with Crippen LogP contribution in [0.15, 0.2) is 47.4 Å². The molecule has 0 aliphatic heterocycles. The summed E-state index contributed by atoms with van der Waals surface area (Å²) in [7, 11) is -2.84. The zero-order chi connectivity index (χ0) is 21.7. The van der Waals surface area contributed by atoms with Crippen LogP contribution in [0.5, 0.6) is 5.75 Å². The molecule has 0 bridgehead atoms. The van der Waals surface area contributed by atoms with E-state index in [1.54, 1.807) is 12.1 Å². The fourth-order valence-electron chi connectivity index (χ4n) is 2.29. The van der Waals surface area contributed by atoms with Crippen LogP contribution in [0.2, 0.25) is 0 Å². The average molecular weight is 434 g/mol. The largest absolute Gasteiger partial charge is 0.495 e. The molecule has 0 heterocycles. The molecule has 0 unspecified atom stereocenters. The number of nitro benzene ring substituents is 1. The van der Waals surface area contributed by atoms with Crippen LogP contribution in [0.25, 0.3) is 0 Å². The van der Waals surface area contributed by atoms with Crippen LogP contribution in [0.3, 0.4) is 0 Å². The third-order valence-corrected chi connectivity index (χ3v) is 5.11. The Balaban J connectivity index is 2.02. The Bertz CT molecular complexity index is 962. The molecule has 29 heavy (non-hydrogen) atoms. The number of hydrogen-bond donors (Lipinski definition) is 1. The average Bonchev–Trinajstić information content (AvgIpc) is 2.66. The summed E-state index contributed by atoms with van der Waals surface area (Å²) in [6.45, 7) is -1.69. The van der Waals surface area contributed by atoms with E-state index in [1.165, 1.54) is 19.2 Å². The molecule has 8 nitrogen and oxygen atoms in total. The van der Waals surface area contributed by atoms with Gasteiger partial charge in [0.05, 0.1) is 24.7 Å². The van der Waals surface area contributed by atoms with E-state index in [0.717, 1.165) is 18.2 Å². The quantitative estimate of drug-likeness (QED) is 0.480. The first kappa shape index (κ1) is 22.6. The van der Waals surface area contributed by atoms with Crippen molar-refractivity contribution in [1.29, 1.82) is 0 Å². The number of alkyl halides is 3. The van der Waals surface area contributed by atoms with E-state index >= 15 is 0 Å². The van der Waals surface area contributed by atoms with Crippen LogP contribution in [0.1, 0.15) is 11.1 Å². The summed E-state index contributed by atoms with van der Waals surface area (Å²) >= 11 is 0. The van der Waals surface area contributed by atoms with Gasteiger partial charge in [0, 0.05) is 12.6 Å². The lowest BCUT2D eigenvalue weighted by Gasteiger charge is -2.11. The topological polar surface area (TPSA) is 108 Å². The van der Waals surface area contributed by atoms with Gasteiger partial charge in [0.2, 0.25) is 10.0 Å². The molecule has 0 spiro atoms. The van der Waals surface area contributed by atoms with Gasteiger partial charge in [-0.3, -0.25) is 10.1 Å². The molecule has 158 valence electrons. The van der Waals surface area contributed by atoms with Gasteiger partial charge in [-0.1, -0.05) is 24.3 Å². The summed E-state index contributed by atoms with van der Waals surface area (Å²) in [4.78, 5) is 9.87. The molecule has 0 saturated carbocycles. The van der Waals surface area contributed by atoms with Crippen LogP contribution in [-0.4, -0.2) is 33.2 Å². The number of methoxy groups -OCH3 is 1. The minimum absolute atomic E-state index is 0.105. The first-order valence-electron chi connectivity index (χ1n) is 8.06. The lowest BCUT2D eigenvalue weighted by molar-refractivity contribution is -0.385. The monoisotopic (exact) mass is 434 g/mol. The lowest BCUT2D eigenvalue weighted by atomic mass is 10.1. The predicted molar refractivity (Wildman–Crippen MR) is 95.8 cm³/mol. The summed E-state index contributed by atoms with van der Waals surface area (Å²) in [6, 6.07) is 9.25. The summed E-state index contributed by atoms with van der Waals surface area (Å²) in [6.07, 6.45) is -4.41. The second-order valence-electron chi connectivity index (χ2n) is 5.84. The normalized spacial score (nSPS) is 12.0. The van der Waals surface area contributed by atoms with Crippen molar-refractivity contribution in [2.75, 3.05) is 13.7 Å². The van der Waals surface area contributed by atoms with Gasteiger partial charge >= 0.3 is 6.18 Å². The fraction of sp³-hybridized carbons (Fsp3) is 0.294. The third-order valence-electron chi connectivity index (χ3n) is 3.67. The van der Waals surface area contributed by atoms with Crippen molar-refractivity contribution in [2.45, 2.75) is 24.2 Å². The van der Waals surface area contributed by atoms with Crippen molar-refractivity contribution < 1.29 is 36.0 Å². The smallest absolute Gasteiger partial charge is 0.411 e. The zero-order valence-electron chi connectivity index (χ0n) is 15.1. The number of nitrogens with one attached hydrogen (secondary N) is 1. The maximum Gasteiger partial charge on any atom is 0.411 e. The van der Waals surface area contributed by atoms with E-state index in [-0.39, 0.29) is 29.5 Å². The summed E-state index contributed by atoms with van der Waals surface area (Å²) < 4.78 is 73.0. The number of halogens is 3. The molecule has 0 aliphatic carbocycles. The van der Waals surface area contributed by atoms with Crippen molar-refractivity contribution in [3.63, 3.8) is 0 Å². The molecule has 0 aliphatic rings. The highest BCUT2D eigenvalue weighted by Crippen LogP contribution is 2.28. The van der Waals surface area contributed by atoms with Gasteiger partial charge in [0.15, 0.2) is 0 Å². The van der Waals surface area contributed by atoms with Crippen LogP contribution >= 0.6 is 0 Å². The van der Waals surface area contributed by atoms with Crippen LogP contribution < -0.4 is 9.46 Å². The van der Waals surface area contributed by atoms with Crippen molar-refractivity contribution >= 4 is 15.7 Å². The second kappa shape index (κ2) is 9.20. The van der Waals surface area contributed by atoms with Gasteiger partial charge in [0.1, 0.15) is 17.3 Å². The molecule has 0 radical (unpaired) electrons. The first-order valence-corrected chi connectivity index (χ1v) is 9.54. The molecule has 2 aromatic carbocycles. The predicted octanol–water partition coefficient (Wildman–Crippen LogP) is 3.16. The summed E-state index contributed by atoms with van der Waals surface area (Å²) in [5, 5.41) is 10.8. The van der Waals surface area contributed by atoms with Crippen molar-refractivity contribution in [3.8, 4) is 5.75 Å². The molecule has 12 heteroatoms. The minimum atomic E-state index is -4.41. The Morgan fingerprint density at radius 2 is 1.72 bits per heavy atom. The molecule has 2 aromatic rings. The molecule has 0 amide bonds. The van der Waals surface area contributed by atoms with E-state index < -0.39 is 27.7 Å². The molecular formula is C17H17F3N2O6S. The van der Waals surface area contributed by atoms with E-state index in [0.29, 0.717) is 11.1 Å². The standard InChI is InChI=1S/C17H17F3N2O6S/c1-27-15-8-14(22(23)24)6-7-16(15)29(25,26)21-9-12-2-4-13(5-3-12)10-28-11-17(18,19)20/h2-8,21H,9-11H2,1H3. The van der Waals surface area contributed by atoms with Crippen molar-refractivity contribution in [2.24, 2.45) is 0 Å². The third kappa shape index (κ3) is 6.69. The number of hydrogen-bond acceptors (Lipinski definition) is 6. The Kier molecular flexibility index (Phi) is 7.16. The highest BCUT2D eigenvalue weighted by Gasteiger charge is 2.27. The SMILES string of the molecule is COc1cc([N+](=O)[O-])ccc1S(=O)(=O)NCc1ccc(COCC(F)(F)F)cc1. The Labute approximate surface area is 164 Å². The number of rotatable bonds is 9. The second-order valence-corrected chi connectivity index (χ2v) is 7.58. The summed E-state index contributed by atoms with van der Waals surface area (Å²) in [5.41, 5.74) is 0.732. The van der Waals surface area contributed by atoms with Gasteiger partial charge < -0.3 is 9.47 Å². The summed E-state index contributed by atoms with van der Waals surface area (Å²) in [5.74, 6) is -0.177. The van der Waals surface area contributed by atoms with Crippen molar-refractivity contribution in [1.82, 2.24) is 4.72 Å². The molecule has 1 N–H and O–H groups in total. The van der Waals surface area contributed by atoms with Gasteiger partial charge in [-0.2, -0.15) is 13.2 Å². The number of non-ortho nitro benzene ring substituents is 1. The lowest BCUT2D eigenvalue weighted by Crippen LogP contribution is -2.23. The van der Waals surface area contributed by atoms with E-state index in [4.69, 9.17) is 4.74 Å². The van der Waals surface area contributed by atoms with Gasteiger partial charge in [0.25, 0.3) is 5.69 Å². The molecule has 0 fully saturated rings. The van der Waals surface area contributed by atoms with E-state index in [9.17, 15) is 31.7 Å². The number of nitrogens with zero attached hydrogens (tertiary/aromatic N) is 1. The first-order chi connectivity index (χ1) is 13.5.